The van der Waals surface area contributed by atoms with E-state index in [9.17, 15) is 4.79 Å². The fourth-order valence-electron chi connectivity index (χ4n) is 2.79. The van der Waals surface area contributed by atoms with Gasteiger partial charge in [0.2, 0.25) is 0 Å². The van der Waals surface area contributed by atoms with E-state index in [1.807, 2.05) is 17.9 Å². The first kappa shape index (κ1) is 15.9. The molecule has 3 heteroatoms. The van der Waals surface area contributed by atoms with Crippen LogP contribution < -0.4 is 4.74 Å². The zero-order valence-electron chi connectivity index (χ0n) is 13.5. The highest BCUT2D eigenvalue weighted by Gasteiger charge is 2.17. The minimum atomic E-state index is 0.119. The predicted octanol–water partition coefficient (Wildman–Crippen LogP) is 3.90. The van der Waals surface area contributed by atoms with Crippen LogP contribution in [0.2, 0.25) is 0 Å². The molecule has 0 saturated carbocycles. The second-order valence-electron chi connectivity index (χ2n) is 6.28. The Morgan fingerprint density at radius 2 is 1.86 bits per heavy atom. The molecule has 1 saturated heterocycles. The number of rotatable bonds is 4. The van der Waals surface area contributed by atoms with Crippen LogP contribution in [0.3, 0.4) is 0 Å². The molecule has 2 rings (SSSR count). The van der Waals surface area contributed by atoms with Gasteiger partial charge in [-0.3, -0.25) is 4.79 Å². The molecular formula is C18H27NO2. The summed E-state index contributed by atoms with van der Waals surface area (Å²) >= 11 is 0. The molecular weight excluding hydrogens is 262 g/mol. The average Bonchev–Trinajstić information content (AvgIpc) is 2.73. The van der Waals surface area contributed by atoms with E-state index in [1.54, 1.807) is 0 Å². The third-order valence-electron chi connectivity index (χ3n) is 4.10. The number of ether oxygens (including phenoxy) is 1. The Hall–Kier alpha value is -1.51. The maximum Gasteiger partial charge on any atom is 0.260 e. The molecule has 1 aliphatic rings. The van der Waals surface area contributed by atoms with Crippen LogP contribution in [0, 0.1) is 6.92 Å². The minimum Gasteiger partial charge on any atom is -0.483 e. The van der Waals surface area contributed by atoms with Crippen LogP contribution in [0.15, 0.2) is 18.2 Å². The molecule has 1 aromatic rings. The van der Waals surface area contributed by atoms with E-state index in [-0.39, 0.29) is 12.5 Å². The Kier molecular flexibility index (Phi) is 5.66. The van der Waals surface area contributed by atoms with Gasteiger partial charge in [-0.1, -0.05) is 38.8 Å². The second kappa shape index (κ2) is 7.48. The number of amides is 1. The van der Waals surface area contributed by atoms with Crippen LogP contribution >= 0.6 is 0 Å². The smallest absolute Gasteiger partial charge is 0.260 e. The van der Waals surface area contributed by atoms with Gasteiger partial charge in [-0.25, -0.2) is 0 Å². The fourth-order valence-corrected chi connectivity index (χ4v) is 2.79. The van der Waals surface area contributed by atoms with Crippen molar-refractivity contribution in [2.45, 2.75) is 52.4 Å². The Labute approximate surface area is 128 Å². The first-order valence-electron chi connectivity index (χ1n) is 8.09. The van der Waals surface area contributed by atoms with Crippen LogP contribution in [-0.2, 0) is 4.79 Å². The van der Waals surface area contributed by atoms with Crippen molar-refractivity contribution >= 4 is 5.91 Å². The summed E-state index contributed by atoms with van der Waals surface area (Å²) in [5.41, 5.74) is 2.33. The minimum absolute atomic E-state index is 0.119. The number of hydrogen-bond acceptors (Lipinski definition) is 2. The lowest BCUT2D eigenvalue weighted by Gasteiger charge is -2.21. The number of benzene rings is 1. The fraction of sp³-hybridized carbons (Fsp3) is 0.611. The van der Waals surface area contributed by atoms with E-state index in [1.165, 1.54) is 18.4 Å². The highest BCUT2D eigenvalue weighted by atomic mass is 16.5. The number of aryl methyl sites for hydroxylation is 1. The Morgan fingerprint density at radius 3 is 2.48 bits per heavy atom. The highest BCUT2D eigenvalue weighted by Crippen LogP contribution is 2.27. The summed E-state index contributed by atoms with van der Waals surface area (Å²) in [5.74, 6) is 1.37. The van der Waals surface area contributed by atoms with E-state index >= 15 is 0 Å². The third kappa shape index (κ3) is 4.48. The van der Waals surface area contributed by atoms with Crippen LogP contribution in [0.25, 0.3) is 0 Å². The zero-order valence-corrected chi connectivity index (χ0v) is 13.5. The van der Waals surface area contributed by atoms with Gasteiger partial charge in [-0.15, -0.1) is 0 Å². The van der Waals surface area contributed by atoms with Crippen molar-refractivity contribution in [3.63, 3.8) is 0 Å². The first-order valence-corrected chi connectivity index (χ1v) is 8.09. The molecule has 116 valence electrons. The van der Waals surface area contributed by atoms with Crippen molar-refractivity contribution in [1.29, 1.82) is 0 Å². The molecule has 1 aliphatic heterocycles. The molecule has 0 aliphatic carbocycles. The van der Waals surface area contributed by atoms with E-state index in [4.69, 9.17) is 4.74 Å². The standard InChI is InChI=1S/C18H27NO2/c1-14(2)16-9-8-15(3)12-17(16)21-13-18(20)19-10-6-4-5-7-11-19/h8-9,12,14H,4-7,10-11,13H2,1-3H3. The van der Waals surface area contributed by atoms with Gasteiger partial charge in [0.1, 0.15) is 5.75 Å². The van der Waals surface area contributed by atoms with Crippen molar-refractivity contribution in [2.24, 2.45) is 0 Å². The molecule has 0 N–H and O–H groups in total. The lowest BCUT2D eigenvalue weighted by Crippen LogP contribution is -2.35. The first-order chi connectivity index (χ1) is 10.1. The molecule has 3 nitrogen and oxygen atoms in total. The SMILES string of the molecule is Cc1ccc(C(C)C)c(OCC(=O)N2CCCCCC2)c1. The molecule has 1 heterocycles. The lowest BCUT2D eigenvalue weighted by molar-refractivity contribution is -0.133. The summed E-state index contributed by atoms with van der Waals surface area (Å²) in [7, 11) is 0. The molecule has 1 fully saturated rings. The largest absolute Gasteiger partial charge is 0.483 e. The van der Waals surface area contributed by atoms with Crippen molar-refractivity contribution in [1.82, 2.24) is 4.90 Å². The van der Waals surface area contributed by atoms with Crippen LogP contribution in [0.1, 0.15) is 56.6 Å². The second-order valence-corrected chi connectivity index (χ2v) is 6.28. The highest BCUT2D eigenvalue weighted by molar-refractivity contribution is 5.77. The van der Waals surface area contributed by atoms with E-state index in [0.717, 1.165) is 37.2 Å². The monoisotopic (exact) mass is 289 g/mol. The van der Waals surface area contributed by atoms with Gasteiger partial charge in [0.05, 0.1) is 0 Å². The number of hydrogen-bond donors (Lipinski definition) is 0. The van der Waals surface area contributed by atoms with Crippen molar-refractivity contribution in [3.05, 3.63) is 29.3 Å². The van der Waals surface area contributed by atoms with Gasteiger partial charge in [0.25, 0.3) is 5.91 Å². The number of likely N-dealkylation sites (tertiary alicyclic amines) is 1. The van der Waals surface area contributed by atoms with Crippen molar-refractivity contribution < 1.29 is 9.53 Å². The molecule has 0 bridgehead atoms. The van der Waals surface area contributed by atoms with Gasteiger partial charge >= 0.3 is 0 Å². The summed E-state index contributed by atoms with van der Waals surface area (Å²) < 4.78 is 5.84. The number of carbonyl (C=O) groups excluding carboxylic acids is 1. The lowest BCUT2D eigenvalue weighted by atomic mass is 10.0. The molecule has 1 aromatic carbocycles. The summed E-state index contributed by atoms with van der Waals surface area (Å²) in [6.07, 6.45) is 4.71. The van der Waals surface area contributed by atoms with Crippen molar-refractivity contribution in [3.8, 4) is 5.75 Å². The summed E-state index contributed by atoms with van der Waals surface area (Å²) in [4.78, 5) is 14.2. The summed E-state index contributed by atoms with van der Waals surface area (Å²) in [6, 6.07) is 6.23. The Balaban J connectivity index is 1.98. The quantitative estimate of drug-likeness (QED) is 0.841. The van der Waals surface area contributed by atoms with E-state index in [2.05, 4.69) is 26.0 Å². The normalized spacial score (nSPS) is 15.9. The summed E-state index contributed by atoms with van der Waals surface area (Å²) in [5, 5.41) is 0. The van der Waals surface area contributed by atoms with Gasteiger partial charge in [0.15, 0.2) is 6.61 Å². The molecule has 0 aromatic heterocycles. The van der Waals surface area contributed by atoms with Crippen LogP contribution in [0.4, 0.5) is 0 Å². The Morgan fingerprint density at radius 1 is 1.19 bits per heavy atom. The third-order valence-corrected chi connectivity index (χ3v) is 4.10. The Bertz CT molecular complexity index is 474. The van der Waals surface area contributed by atoms with Gasteiger partial charge in [-0.05, 0) is 42.9 Å². The van der Waals surface area contributed by atoms with Gasteiger partial charge < -0.3 is 9.64 Å². The molecule has 0 spiro atoms. The van der Waals surface area contributed by atoms with Gasteiger partial charge in [0, 0.05) is 13.1 Å². The van der Waals surface area contributed by atoms with E-state index in [0.29, 0.717) is 5.92 Å². The van der Waals surface area contributed by atoms with E-state index < -0.39 is 0 Å². The van der Waals surface area contributed by atoms with Crippen LogP contribution in [-0.4, -0.2) is 30.5 Å². The average molecular weight is 289 g/mol. The molecule has 1 amide bonds. The number of nitrogens with zero attached hydrogens (tertiary/aromatic N) is 1. The molecule has 21 heavy (non-hydrogen) atoms. The molecule has 0 unspecified atom stereocenters. The predicted molar refractivity (Wildman–Crippen MR) is 85.8 cm³/mol. The maximum absolute atomic E-state index is 12.3. The van der Waals surface area contributed by atoms with Crippen molar-refractivity contribution in [2.75, 3.05) is 19.7 Å². The zero-order chi connectivity index (χ0) is 15.2. The molecule has 0 radical (unpaired) electrons. The van der Waals surface area contributed by atoms with Crippen LogP contribution in [0.5, 0.6) is 5.75 Å². The maximum atomic E-state index is 12.3. The topological polar surface area (TPSA) is 29.5 Å². The number of carbonyl (C=O) groups is 1. The van der Waals surface area contributed by atoms with Gasteiger partial charge in [-0.2, -0.15) is 0 Å². The molecule has 0 atom stereocenters. The summed E-state index contributed by atoms with van der Waals surface area (Å²) in [6.45, 7) is 8.26.